The van der Waals surface area contributed by atoms with Crippen LogP contribution in [0.15, 0.2) is 24.3 Å². The van der Waals surface area contributed by atoms with Crippen molar-refractivity contribution < 1.29 is 24.6 Å². The molecular formula is C19H27N3O5. The number of hydrogen-bond donors (Lipinski definition) is 4. The van der Waals surface area contributed by atoms with E-state index < -0.39 is 30.0 Å². The van der Waals surface area contributed by atoms with Crippen LogP contribution in [-0.4, -0.2) is 57.6 Å². The number of nitrogens with zero attached hydrogens (tertiary/aromatic N) is 1. The Morgan fingerprint density at radius 2 is 1.89 bits per heavy atom. The number of carboxylic acid groups (broad SMARTS) is 1. The summed E-state index contributed by atoms with van der Waals surface area (Å²) in [4.78, 5) is 38.2. The molecule has 3 unspecified atom stereocenters. The normalized spacial score (nSPS) is 19.0. The van der Waals surface area contributed by atoms with Crippen molar-refractivity contribution >= 4 is 17.8 Å². The smallest absolute Gasteiger partial charge is 0.326 e. The number of rotatable bonds is 7. The summed E-state index contributed by atoms with van der Waals surface area (Å²) >= 11 is 0. The average molecular weight is 377 g/mol. The Labute approximate surface area is 158 Å². The van der Waals surface area contributed by atoms with Crippen LogP contribution in [0.5, 0.6) is 5.75 Å². The highest BCUT2D eigenvalue weighted by Crippen LogP contribution is 2.20. The van der Waals surface area contributed by atoms with Gasteiger partial charge in [0.1, 0.15) is 17.8 Å². The first-order valence-electron chi connectivity index (χ1n) is 9.08. The maximum atomic E-state index is 12.7. The third-order valence-electron chi connectivity index (χ3n) is 4.83. The highest BCUT2D eigenvalue weighted by molar-refractivity contribution is 5.92. The number of carboxylic acids is 1. The molecule has 27 heavy (non-hydrogen) atoms. The lowest BCUT2D eigenvalue weighted by molar-refractivity contribution is -0.144. The molecule has 1 aromatic rings. The molecule has 1 aliphatic heterocycles. The zero-order valence-corrected chi connectivity index (χ0v) is 15.6. The van der Waals surface area contributed by atoms with Crippen LogP contribution in [0.25, 0.3) is 0 Å². The molecule has 0 spiro atoms. The summed E-state index contributed by atoms with van der Waals surface area (Å²) < 4.78 is 0. The Morgan fingerprint density at radius 1 is 1.26 bits per heavy atom. The van der Waals surface area contributed by atoms with E-state index in [4.69, 9.17) is 5.73 Å². The number of aliphatic carboxylic acids is 1. The van der Waals surface area contributed by atoms with Crippen LogP contribution < -0.4 is 11.1 Å². The number of nitrogens with two attached hydrogens (primary N) is 1. The predicted molar refractivity (Wildman–Crippen MR) is 98.9 cm³/mol. The molecule has 0 aromatic heterocycles. The Balaban J connectivity index is 2.06. The third kappa shape index (κ3) is 5.19. The monoisotopic (exact) mass is 377 g/mol. The molecule has 0 saturated carbocycles. The second-order valence-corrected chi connectivity index (χ2v) is 7.23. The Kier molecular flexibility index (Phi) is 6.79. The van der Waals surface area contributed by atoms with Crippen molar-refractivity contribution in [1.29, 1.82) is 0 Å². The van der Waals surface area contributed by atoms with Gasteiger partial charge in [-0.05, 0) is 36.5 Å². The van der Waals surface area contributed by atoms with E-state index >= 15 is 0 Å². The summed E-state index contributed by atoms with van der Waals surface area (Å²) in [7, 11) is 0. The number of nitrogens with one attached hydrogen (secondary N) is 1. The number of aromatic hydroxyl groups is 1. The average Bonchev–Trinajstić information content (AvgIpc) is 3.11. The van der Waals surface area contributed by atoms with Gasteiger partial charge in [-0.25, -0.2) is 4.79 Å². The van der Waals surface area contributed by atoms with E-state index in [9.17, 15) is 24.6 Å². The highest BCUT2D eigenvalue weighted by atomic mass is 16.4. The minimum Gasteiger partial charge on any atom is -0.508 e. The molecule has 2 rings (SSSR count). The van der Waals surface area contributed by atoms with Crippen molar-refractivity contribution in [3.8, 4) is 5.75 Å². The lowest BCUT2D eigenvalue weighted by Crippen LogP contribution is -2.55. The van der Waals surface area contributed by atoms with Crippen LogP contribution in [0.2, 0.25) is 0 Å². The van der Waals surface area contributed by atoms with Gasteiger partial charge in [0.25, 0.3) is 0 Å². The first-order valence-corrected chi connectivity index (χ1v) is 9.08. The van der Waals surface area contributed by atoms with E-state index in [0.29, 0.717) is 24.9 Å². The molecule has 0 bridgehead atoms. The summed E-state index contributed by atoms with van der Waals surface area (Å²) in [5, 5.41) is 21.3. The number of hydrogen-bond acceptors (Lipinski definition) is 5. The molecule has 0 aliphatic carbocycles. The zero-order chi connectivity index (χ0) is 20.1. The van der Waals surface area contributed by atoms with Gasteiger partial charge in [0.2, 0.25) is 11.8 Å². The van der Waals surface area contributed by atoms with E-state index in [0.717, 1.165) is 0 Å². The zero-order valence-electron chi connectivity index (χ0n) is 15.6. The fraction of sp³-hybridized carbons (Fsp3) is 0.526. The number of phenols is 1. The first-order chi connectivity index (χ1) is 12.7. The lowest BCUT2D eigenvalue weighted by atomic mass is 10.0. The van der Waals surface area contributed by atoms with Crippen LogP contribution in [0, 0.1) is 5.92 Å². The second kappa shape index (κ2) is 8.85. The standard InChI is InChI=1S/C19H27N3O5/c1-11(2)16(20)18(25)22-9-3-4-15(22)17(24)21-14(19(26)27)10-12-5-7-13(23)8-6-12/h5-8,11,14-16,23H,3-4,9-10,20H2,1-2H3,(H,21,24)(H,26,27). The molecule has 1 saturated heterocycles. The number of phenolic OH excluding ortho intramolecular Hbond substituents is 1. The number of amides is 2. The van der Waals surface area contributed by atoms with E-state index in [1.54, 1.807) is 12.1 Å². The molecule has 3 atom stereocenters. The lowest BCUT2D eigenvalue weighted by Gasteiger charge is -2.29. The van der Waals surface area contributed by atoms with Crippen molar-refractivity contribution in [1.82, 2.24) is 10.2 Å². The maximum Gasteiger partial charge on any atom is 0.326 e. The third-order valence-corrected chi connectivity index (χ3v) is 4.83. The molecule has 0 radical (unpaired) electrons. The summed E-state index contributed by atoms with van der Waals surface area (Å²) in [5.41, 5.74) is 6.60. The largest absolute Gasteiger partial charge is 0.508 e. The topological polar surface area (TPSA) is 133 Å². The Hall–Kier alpha value is -2.61. The quantitative estimate of drug-likeness (QED) is 0.546. The van der Waals surface area contributed by atoms with Crippen molar-refractivity contribution in [2.45, 2.75) is 51.2 Å². The first kappa shape index (κ1) is 20.7. The molecule has 1 aromatic carbocycles. The summed E-state index contributed by atoms with van der Waals surface area (Å²) in [6.45, 7) is 4.12. The molecule has 8 nitrogen and oxygen atoms in total. The molecule has 148 valence electrons. The number of carbonyl (C=O) groups is 3. The predicted octanol–water partition coefficient (Wildman–Crippen LogP) is 0.478. The van der Waals surface area contributed by atoms with E-state index in [-0.39, 0.29) is 24.0 Å². The number of likely N-dealkylation sites (tertiary alicyclic amines) is 1. The van der Waals surface area contributed by atoms with Gasteiger partial charge in [-0.1, -0.05) is 26.0 Å². The van der Waals surface area contributed by atoms with Crippen LogP contribution >= 0.6 is 0 Å². The molecule has 1 heterocycles. The molecule has 2 amide bonds. The SMILES string of the molecule is CC(C)C(N)C(=O)N1CCCC1C(=O)NC(Cc1ccc(O)cc1)C(=O)O. The van der Waals surface area contributed by atoms with Crippen molar-refractivity contribution in [2.75, 3.05) is 6.54 Å². The van der Waals surface area contributed by atoms with Crippen molar-refractivity contribution in [2.24, 2.45) is 11.7 Å². The van der Waals surface area contributed by atoms with Gasteiger partial charge in [-0.2, -0.15) is 0 Å². The fourth-order valence-corrected chi connectivity index (χ4v) is 3.12. The summed E-state index contributed by atoms with van der Waals surface area (Å²) in [6.07, 6.45) is 1.23. The van der Waals surface area contributed by atoms with E-state index in [2.05, 4.69) is 5.32 Å². The van der Waals surface area contributed by atoms with Crippen LogP contribution in [0.3, 0.4) is 0 Å². The van der Waals surface area contributed by atoms with Gasteiger partial charge < -0.3 is 26.2 Å². The molecule has 8 heteroatoms. The van der Waals surface area contributed by atoms with Crippen molar-refractivity contribution in [3.63, 3.8) is 0 Å². The van der Waals surface area contributed by atoms with Gasteiger partial charge in [-0.3, -0.25) is 9.59 Å². The number of benzene rings is 1. The molecule has 5 N–H and O–H groups in total. The van der Waals surface area contributed by atoms with Gasteiger partial charge in [-0.15, -0.1) is 0 Å². The van der Waals surface area contributed by atoms with Gasteiger partial charge >= 0.3 is 5.97 Å². The summed E-state index contributed by atoms with van der Waals surface area (Å²) in [6, 6.07) is 3.60. The van der Waals surface area contributed by atoms with Crippen LogP contribution in [0.4, 0.5) is 0 Å². The minimum atomic E-state index is -1.16. The molecule has 1 fully saturated rings. The van der Waals surface area contributed by atoms with Crippen LogP contribution in [-0.2, 0) is 20.8 Å². The van der Waals surface area contributed by atoms with Gasteiger partial charge in [0, 0.05) is 13.0 Å². The summed E-state index contributed by atoms with van der Waals surface area (Å²) in [5.74, 6) is -1.90. The maximum absolute atomic E-state index is 12.7. The Bertz CT molecular complexity index is 689. The van der Waals surface area contributed by atoms with E-state index in [1.807, 2.05) is 13.8 Å². The van der Waals surface area contributed by atoms with E-state index in [1.165, 1.54) is 17.0 Å². The number of carbonyl (C=O) groups excluding carboxylic acids is 2. The fourth-order valence-electron chi connectivity index (χ4n) is 3.12. The Morgan fingerprint density at radius 3 is 2.44 bits per heavy atom. The minimum absolute atomic E-state index is 0.0527. The second-order valence-electron chi connectivity index (χ2n) is 7.23. The molecule has 1 aliphatic rings. The van der Waals surface area contributed by atoms with Crippen LogP contribution in [0.1, 0.15) is 32.3 Å². The highest BCUT2D eigenvalue weighted by Gasteiger charge is 2.38. The van der Waals surface area contributed by atoms with Crippen molar-refractivity contribution in [3.05, 3.63) is 29.8 Å². The molecular weight excluding hydrogens is 350 g/mol. The van der Waals surface area contributed by atoms with Gasteiger partial charge in [0.05, 0.1) is 6.04 Å². The van der Waals surface area contributed by atoms with Gasteiger partial charge in [0.15, 0.2) is 0 Å².